The highest BCUT2D eigenvalue weighted by molar-refractivity contribution is 7.88. The van der Waals surface area contributed by atoms with Gasteiger partial charge in [-0.05, 0) is 24.6 Å². The third-order valence-electron chi connectivity index (χ3n) is 3.19. The summed E-state index contributed by atoms with van der Waals surface area (Å²) in [5.41, 5.74) is 1.39. The molecule has 0 aliphatic heterocycles. The highest BCUT2D eigenvalue weighted by Crippen LogP contribution is 2.39. The molecule has 7 heteroatoms. The number of hydrogen-bond acceptors (Lipinski definition) is 5. The summed E-state index contributed by atoms with van der Waals surface area (Å²) < 4.78 is 18.1. The molecule has 1 aromatic heterocycles. The molecule has 1 heterocycles. The second kappa shape index (κ2) is 7.93. The lowest BCUT2D eigenvalue weighted by atomic mass is 10.0. The number of carbonyl (C=O) groups excluding carboxylic acids is 1. The van der Waals surface area contributed by atoms with E-state index in [0.29, 0.717) is 25.2 Å². The maximum Gasteiger partial charge on any atom is 0.349 e. The number of nitriles is 1. The molecule has 0 N–H and O–H groups in total. The van der Waals surface area contributed by atoms with Crippen molar-refractivity contribution in [3.05, 3.63) is 39.7 Å². The lowest BCUT2D eigenvalue weighted by molar-refractivity contribution is 0.0533. The smallest absolute Gasteiger partial charge is 0.349 e. The Hall–Kier alpha value is -1.68. The molecule has 0 aliphatic rings. The minimum Gasteiger partial charge on any atom is -0.462 e. The third-order valence-corrected chi connectivity index (χ3v) is 6.58. The van der Waals surface area contributed by atoms with Gasteiger partial charge in [-0.2, -0.15) is 5.26 Å². The molecule has 0 saturated carbocycles. The van der Waals surface area contributed by atoms with Crippen molar-refractivity contribution in [1.29, 1.82) is 5.26 Å². The molecule has 1 aromatic carbocycles. The Morgan fingerprint density at radius 1 is 1.38 bits per heavy atom. The van der Waals surface area contributed by atoms with Gasteiger partial charge in [0.1, 0.15) is 15.2 Å². The van der Waals surface area contributed by atoms with Crippen molar-refractivity contribution < 1.29 is 13.7 Å². The minimum atomic E-state index is -1.37. The summed E-state index contributed by atoms with van der Waals surface area (Å²) in [6, 6.07) is 8.94. The van der Waals surface area contributed by atoms with Crippen molar-refractivity contribution in [1.82, 2.24) is 0 Å². The van der Waals surface area contributed by atoms with Gasteiger partial charge in [-0.1, -0.05) is 37.6 Å². The molecule has 2 rings (SSSR count). The van der Waals surface area contributed by atoms with Crippen molar-refractivity contribution in [3.8, 4) is 17.2 Å². The first-order valence-corrected chi connectivity index (χ1v) is 9.71. The zero-order valence-electron chi connectivity index (χ0n) is 13.5. The molecule has 0 aliphatic carbocycles. The average Bonchev–Trinajstić information content (AvgIpc) is 2.94. The van der Waals surface area contributed by atoms with Crippen LogP contribution in [0.1, 0.15) is 36.0 Å². The zero-order chi connectivity index (χ0) is 17.9. The lowest BCUT2D eigenvalue weighted by Gasteiger charge is -2.05. The Bertz CT molecular complexity index is 820. The van der Waals surface area contributed by atoms with E-state index in [4.69, 9.17) is 16.3 Å². The van der Waals surface area contributed by atoms with Crippen LogP contribution in [-0.2, 0) is 15.5 Å². The summed E-state index contributed by atoms with van der Waals surface area (Å²) in [6.45, 7) is 5.55. The Kier molecular flexibility index (Phi) is 6.16. The molecule has 24 heavy (non-hydrogen) atoms. The summed E-state index contributed by atoms with van der Waals surface area (Å²) in [7, 11) is -1.37. The number of hydrogen-bond donors (Lipinski definition) is 0. The quantitative estimate of drug-likeness (QED) is 0.708. The van der Waals surface area contributed by atoms with Gasteiger partial charge >= 0.3 is 5.97 Å². The molecule has 0 radical (unpaired) electrons. The predicted molar refractivity (Wildman–Crippen MR) is 97.0 cm³/mol. The van der Waals surface area contributed by atoms with Crippen LogP contribution in [-0.4, -0.2) is 22.0 Å². The third kappa shape index (κ3) is 3.69. The minimum absolute atomic E-state index is 0.163. The van der Waals surface area contributed by atoms with Gasteiger partial charge in [0.15, 0.2) is 0 Å². The van der Waals surface area contributed by atoms with Crippen molar-refractivity contribution in [2.45, 2.75) is 30.2 Å². The van der Waals surface area contributed by atoms with E-state index in [1.807, 2.05) is 13.8 Å². The van der Waals surface area contributed by atoms with Crippen molar-refractivity contribution in [2.75, 3.05) is 6.61 Å². The van der Waals surface area contributed by atoms with Crippen LogP contribution in [0.2, 0.25) is 5.02 Å². The molecule has 1 atom stereocenters. The van der Waals surface area contributed by atoms with Crippen LogP contribution in [0.25, 0.3) is 11.1 Å². The van der Waals surface area contributed by atoms with Crippen LogP contribution in [0.3, 0.4) is 0 Å². The zero-order valence-corrected chi connectivity index (χ0v) is 15.8. The first-order valence-electron chi connectivity index (χ1n) is 7.31. The predicted octanol–water partition coefficient (Wildman–Crippen LogP) is 4.63. The second-order valence-corrected chi connectivity index (χ2v) is 8.82. The molecule has 0 fully saturated rings. The number of halogens is 1. The summed E-state index contributed by atoms with van der Waals surface area (Å²) in [4.78, 5) is 12.6. The number of rotatable bonds is 5. The Morgan fingerprint density at radius 3 is 2.50 bits per heavy atom. The molecule has 0 saturated heterocycles. The van der Waals surface area contributed by atoms with E-state index in [1.165, 1.54) is 0 Å². The number of nitrogens with zero attached hydrogens (tertiary/aromatic N) is 1. The molecule has 4 nitrogen and oxygen atoms in total. The van der Waals surface area contributed by atoms with E-state index in [2.05, 4.69) is 6.07 Å². The molecule has 126 valence electrons. The average molecular weight is 382 g/mol. The van der Waals surface area contributed by atoms with Gasteiger partial charge in [-0.3, -0.25) is 4.21 Å². The van der Waals surface area contributed by atoms with Gasteiger partial charge in [0.05, 0.1) is 23.0 Å². The van der Waals surface area contributed by atoms with Crippen LogP contribution < -0.4 is 0 Å². The normalized spacial score (nSPS) is 12.0. The molecular weight excluding hydrogens is 366 g/mol. The van der Waals surface area contributed by atoms with E-state index in [-0.39, 0.29) is 17.4 Å². The monoisotopic (exact) mass is 381 g/mol. The van der Waals surface area contributed by atoms with Gasteiger partial charge in [0, 0.05) is 15.8 Å². The fourth-order valence-corrected chi connectivity index (χ4v) is 5.06. The second-order valence-electron chi connectivity index (χ2n) is 5.15. The van der Waals surface area contributed by atoms with Crippen molar-refractivity contribution in [2.24, 2.45) is 0 Å². The molecule has 2 aromatic rings. The van der Waals surface area contributed by atoms with Gasteiger partial charge in [-0.15, -0.1) is 11.3 Å². The van der Waals surface area contributed by atoms with Gasteiger partial charge in [-0.25, -0.2) is 4.79 Å². The van der Waals surface area contributed by atoms with Crippen LogP contribution in [0, 0.1) is 11.3 Å². The van der Waals surface area contributed by atoms with E-state index >= 15 is 0 Å². The summed E-state index contributed by atoms with van der Waals surface area (Å²) >= 11 is 6.98. The topological polar surface area (TPSA) is 67.2 Å². The van der Waals surface area contributed by atoms with Crippen LogP contribution in [0.15, 0.2) is 28.5 Å². The fourth-order valence-electron chi connectivity index (χ4n) is 2.10. The molecule has 0 amide bonds. The van der Waals surface area contributed by atoms with Gasteiger partial charge < -0.3 is 4.74 Å². The molecule has 1 unspecified atom stereocenters. The molecular formula is C17H16ClNO3S2. The number of thiophene rings is 1. The lowest BCUT2D eigenvalue weighted by Crippen LogP contribution is -2.05. The van der Waals surface area contributed by atoms with E-state index in [0.717, 1.165) is 11.3 Å². The summed E-state index contributed by atoms with van der Waals surface area (Å²) in [5.74, 6) is -0.518. The maximum atomic E-state index is 12.6. The van der Waals surface area contributed by atoms with Crippen LogP contribution in [0.4, 0.5) is 0 Å². The van der Waals surface area contributed by atoms with E-state index in [1.54, 1.807) is 31.2 Å². The van der Waals surface area contributed by atoms with Crippen LogP contribution >= 0.6 is 22.9 Å². The summed E-state index contributed by atoms with van der Waals surface area (Å²) in [5, 5.41) is 10.0. The Morgan fingerprint density at radius 2 is 2.00 bits per heavy atom. The Balaban J connectivity index is 2.73. The number of benzene rings is 1. The molecule has 0 spiro atoms. The first-order chi connectivity index (χ1) is 11.4. The van der Waals surface area contributed by atoms with E-state index in [9.17, 15) is 14.3 Å². The highest BCUT2D eigenvalue weighted by atomic mass is 35.5. The fraction of sp³-hybridized carbons (Fsp3) is 0.294. The van der Waals surface area contributed by atoms with Crippen molar-refractivity contribution >= 4 is 39.7 Å². The van der Waals surface area contributed by atoms with Crippen LogP contribution in [0.5, 0.6) is 0 Å². The van der Waals surface area contributed by atoms with Gasteiger partial charge in [0.2, 0.25) is 0 Å². The van der Waals surface area contributed by atoms with E-state index < -0.39 is 16.8 Å². The SMILES string of the molecule is CCOC(=O)c1sc(S(=O)C(C)C)c(C#N)c1-c1ccc(Cl)cc1. The largest absolute Gasteiger partial charge is 0.462 e. The van der Waals surface area contributed by atoms with Gasteiger partial charge in [0.25, 0.3) is 0 Å². The molecule has 0 bridgehead atoms. The number of esters is 1. The number of ether oxygens (including phenoxy) is 1. The Labute approximate surface area is 152 Å². The standard InChI is InChI=1S/C17H16ClNO3S2/c1-4-22-16(20)15-14(11-5-7-12(18)8-6-11)13(9-19)17(23-15)24(21)10(2)3/h5-8,10H,4H2,1-3H3. The first kappa shape index (κ1) is 18.7. The highest BCUT2D eigenvalue weighted by Gasteiger charge is 2.28. The summed E-state index contributed by atoms with van der Waals surface area (Å²) in [6.07, 6.45) is 0. The maximum absolute atomic E-state index is 12.6. The number of carbonyl (C=O) groups is 1. The van der Waals surface area contributed by atoms with Crippen molar-refractivity contribution in [3.63, 3.8) is 0 Å².